The third-order valence-corrected chi connectivity index (χ3v) is 3.02. The first kappa shape index (κ1) is 15.3. The van der Waals surface area contributed by atoms with E-state index >= 15 is 0 Å². The molecule has 4 nitrogen and oxygen atoms in total. The van der Waals surface area contributed by atoms with Gasteiger partial charge in [-0.3, -0.25) is 0 Å². The van der Waals surface area contributed by atoms with Crippen molar-refractivity contribution in [2.45, 2.75) is 33.7 Å². The Kier molecular flexibility index (Phi) is 5.15. The lowest BCUT2D eigenvalue weighted by atomic mass is 10.1. The van der Waals surface area contributed by atoms with Crippen LogP contribution in [-0.4, -0.2) is 18.6 Å². The van der Waals surface area contributed by atoms with E-state index in [1.807, 2.05) is 20.8 Å². The first-order valence-electron chi connectivity index (χ1n) is 6.39. The molecule has 5 heteroatoms. The van der Waals surface area contributed by atoms with Gasteiger partial charge in [0.1, 0.15) is 5.82 Å². The van der Waals surface area contributed by atoms with Gasteiger partial charge in [0.15, 0.2) is 0 Å². The van der Waals surface area contributed by atoms with Crippen molar-refractivity contribution in [2.24, 2.45) is 5.92 Å². The van der Waals surface area contributed by atoms with E-state index in [-0.39, 0.29) is 29.6 Å². The molecule has 0 bridgehead atoms. The van der Waals surface area contributed by atoms with Crippen LogP contribution in [0.2, 0.25) is 0 Å². The fourth-order valence-electron chi connectivity index (χ4n) is 1.50. The summed E-state index contributed by atoms with van der Waals surface area (Å²) in [6.07, 6.45) is 0. The monoisotopic (exact) mass is 268 g/mol. The maximum absolute atomic E-state index is 13.8. The molecule has 106 valence electrons. The largest absolute Gasteiger partial charge is 0.462 e. The number of hydrogen-bond donors (Lipinski definition) is 2. The van der Waals surface area contributed by atoms with Crippen LogP contribution in [0.5, 0.6) is 0 Å². The summed E-state index contributed by atoms with van der Waals surface area (Å²) in [5.74, 6) is -0.679. The number of hydrogen-bond acceptors (Lipinski definition) is 4. The number of rotatable bonds is 5. The van der Waals surface area contributed by atoms with Gasteiger partial charge in [-0.15, -0.1) is 0 Å². The molecule has 3 N–H and O–H groups in total. The van der Waals surface area contributed by atoms with Crippen LogP contribution in [0.1, 0.15) is 38.1 Å². The highest BCUT2D eigenvalue weighted by atomic mass is 19.1. The summed E-state index contributed by atoms with van der Waals surface area (Å²) in [5.41, 5.74) is 6.17. The third kappa shape index (κ3) is 3.84. The van der Waals surface area contributed by atoms with Gasteiger partial charge in [0.25, 0.3) is 0 Å². The average Bonchev–Trinajstić information content (AvgIpc) is 2.32. The van der Waals surface area contributed by atoms with Crippen molar-refractivity contribution in [3.8, 4) is 0 Å². The molecule has 0 saturated heterocycles. The fourth-order valence-corrected chi connectivity index (χ4v) is 1.50. The molecule has 0 fully saturated rings. The second kappa shape index (κ2) is 6.41. The Bertz CT molecular complexity index is 461. The second-order valence-electron chi connectivity index (χ2n) is 4.82. The van der Waals surface area contributed by atoms with E-state index in [1.54, 1.807) is 6.92 Å². The number of benzene rings is 1. The zero-order valence-electron chi connectivity index (χ0n) is 11.8. The SMILES string of the molecule is CCOC(=O)c1cc(NC(C)C(C)C)c(F)cc1N. The average molecular weight is 268 g/mol. The van der Waals surface area contributed by atoms with Gasteiger partial charge in [0.05, 0.1) is 17.9 Å². The smallest absolute Gasteiger partial charge is 0.340 e. The van der Waals surface area contributed by atoms with Crippen LogP contribution in [0.4, 0.5) is 15.8 Å². The van der Waals surface area contributed by atoms with Gasteiger partial charge >= 0.3 is 5.97 Å². The number of esters is 1. The Morgan fingerprint density at radius 3 is 2.58 bits per heavy atom. The van der Waals surface area contributed by atoms with E-state index < -0.39 is 11.8 Å². The molecule has 1 atom stereocenters. The first-order chi connectivity index (χ1) is 8.86. The number of halogens is 1. The highest BCUT2D eigenvalue weighted by Crippen LogP contribution is 2.24. The van der Waals surface area contributed by atoms with E-state index in [0.29, 0.717) is 5.92 Å². The van der Waals surface area contributed by atoms with Crippen LogP contribution >= 0.6 is 0 Å². The highest BCUT2D eigenvalue weighted by Gasteiger charge is 2.17. The summed E-state index contributed by atoms with van der Waals surface area (Å²) in [6, 6.07) is 2.62. The quantitative estimate of drug-likeness (QED) is 0.636. The summed E-state index contributed by atoms with van der Waals surface area (Å²) in [5, 5.41) is 3.04. The first-order valence-corrected chi connectivity index (χ1v) is 6.39. The minimum absolute atomic E-state index is 0.0770. The highest BCUT2D eigenvalue weighted by molar-refractivity contribution is 5.96. The summed E-state index contributed by atoms with van der Waals surface area (Å²) >= 11 is 0. The predicted octanol–water partition coefficient (Wildman–Crippen LogP) is 3.04. The fraction of sp³-hybridized carbons (Fsp3) is 0.500. The van der Waals surface area contributed by atoms with Crippen molar-refractivity contribution >= 4 is 17.3 Å². The molecule has 0 aliphatic rings. The van der Waals surface area contributed by atoms with E-state index in [9.17, 15) is 9.18 Å². The summed E-state index contributed by atoms with van der Waals surface area (Å²) < 4.78 is 18.7. The van der Waals surface area contributed by atoms with Crippen LogP contribution in [0.25, 0.3) is 0 Å². The number of nitrogens with one attached hydrogen (secondary N) is 1. The second-order valence-corrected chi connectivity index (χ2v) is 4.82. The molecule has 0 aliphatic carbocycles. The van der Waals surface area contributed by atoms with E-state index in [4.69, 9.17) is 10.5 Å². The predicted molar refractivity (Wildman–Crippen MR) is 74.7 cm³/mol. The molecule has 0 heterocycles. The van der Waals surface area contributed by atoms with Gasteiger partial charge in [0, 0.05) is 11.7 Å². The Morgan fingerprint density at radius 2 is 2.05 bits per heavy atom. The third-order valence-electron chi connectivity index (χ3n) is 3.02. The van der Waals surface area contributed by atoms with Crippen molar-refractivity contribution in [1.29, 1.82) is 0 Å². The molecule has 0 radical (unpaired) electrons. The number of nitrogen functional groups attached to an aromatic ring is 1. The summed E-state index contributed by atoms with van der Waals surface area (Å²) in [4.78, 5) is 11.7. The Balaban J connectivity index is 3.06. The molecule has 1 unspecified atom stereocenters. The zero-order chi connectivity index (χ0) is 14.6. The lowest BCUT2D eigenvalue weighted by molar-refractivity contribution is 0.0527. The minimum atomic E-state index is -0.541. The maximum atomic E-state index is 13.8. The molecule has 19 heavy (non-hydrogen) atoms. The van der Waals surface area contributed by atoms with Crippen LogP contribution in [0, 0.1) is 11.7 Å². The van der Waals surface area contributed by atoms with Gasteiger partial charge in [-0.05, 0) is 31.9 Å². The Labute approximate surface area is 113 Å². The van der Waals surface area contributed by atoms with Crippen LogP contribution in [0.3, 0.4) is 0 Å². The lowest BCUT2D eigenvalue weighted by Crippen LogP contribution is -2.22. The zero-order valence-corrected chi connectivity index (χ0v) is 11.8. The normalized spacial score (nSPS) is 12.3. The number of nitrogens with two attached hydrogens (primary N) is 1. The van der Waals surface area contributed by atoms with E-state index in [0.717, 1.165) is 6.07 Å². The molecule has 0 saturated carbocycles. The van der Waals surface area contributed by atoms with Crippen LogP contribution in [0.15, 0.2) is 12.1 Å². The molecule has 1 aromatic carbocycles. The van der Waals surface area contributed by atoms with Crippen LogP contribution < -0.4 is 11.1 Å². The minimum Gasteiger partial charge on any atom is -0.462 e. The molecular weight excluding hydrogens is 247 g/mol. The van der Waals surface area contributed by atoms with Gasteiger partial charge in [-0.1, -0.05) is 13.8 Å². The van der Waals surface area contributed by atoms with Gasteiger partial charge in [-0.2, -0.15) is 0 Å². The number of carbonyl (C=O) groups is 1. The topological polar surface area (TPSA) is 64.3 Å². The van der Waals surface area contributed by atoms with Gasteiger partial charge < -0.3 is 15.8 Å². The van der Waals surface area contributed by atoms with Crippen molar-refractivity contribution in [1.82, 2.24) is 0 Å². The molecule has 0 aliphatic heterocycles. The molecule has 1 aromatic rings. The van der Waals surface area contributed by atoms with Crippen molar-refractivity contribution < 1.29 is 13.9 Å². The van der Waals surface area contributed by atoms with Crippen molar-refractivity contribution in [3.63, 3.8) is 0 Å². The molecular formula is C14H21FN2O2. The molecule has 0 spiro atoms. The molecule has 1 rings (SSSR count). The summed E-state index contributed by atoms with van der Waals surface area (Å²) in [7, 11) is 0. The number of anilines is 2. The molecule has 0 amide bonds. The Hall–Kier alpha value is -1.78. The van der Waals surface area contributed by atoms with Crippen LogP contribution in [-0.2, 0) is 4.74 Å². The van der Waals surface area contributed by atoms with E-state index in [1.165, 1.54) is 6.07 Å². The van der Waals surface area contributed by atoms with Gasteiger partial charge in [0.2, 0.25) is 0 Å². The number of carbonyl (C=O) groups excluding carboxylic acids is 1. The van der Waals surface area contributed by atoms with Crippen molar-refractivity contribution in [2.75, 3.05) is 17.7 Å². The number of ether oxygens (including phenoxy) is 1. The lowest BCUT2D eigenvalue weighted by Gasteiger charge is -2.20. The molecule has 0 aromatic heterocycles. The maximum Gasteiger partial charge on any atom is 0.340 e. The van der Waals surface area contributed by atoms with E-state index in [2.05, 4.69) is 5.32 Å². The summed E-state index contributed by atoms with van der Waals surface area (Å²) in [6.45, 7) is 7.96. The standard InChI is InChI=1S/C14H21FN2O2/c1-5-19-14(18)10-6-13(11(15)7-12(10)16)17-9(4)8(2)3/h6-9,17H,5,16H2,1-4H3. The van der Waals surface area contributed by atoms with Crippen molar-refractivity contribution in [3.05, 3.63) is 23.5 Å². The Morgan fingerprint density at radius 1 is 1.42 bits per heavy atom. The van der Waals surface area contributed by atoms with Gasteiger partial charge in [-0.25, -0.2) is 9.18 Å².